The van der Waals surface area contributed by atoms with Crippen LogP contribution in [0, 0.1) is 11.3 Å². The first-order valence-electron chi connectivity index (χ1n) is 8.73. The largest absolute Gasteiger partial charge is 0.417 e. The Balaban J connectivity index is 1.65. The van der Waals surface area contributed by atoms with Crippen LogP contribution >= 0.6 is 11.6 Å². The van der Waals surface area contributed by atoms with Crippen molar-refractivity contribution in [1.82, 2.24) is 14.6 Å². The van der Waals surface area contributed by atoms with E-state index in [1.807, 2.05) is 12.1 Å². The monoisotopic (exact) mass is 405 g/mol. The van der Waals surface area contributed by atoms with Crippen LogP contribution in [-0.2, 0) is 6.18 Å². The third-order valence-corrected chi connectivity index (χ3v) is 5.29. The molecule has 144 valence electrons. The Morgan fingerprint density at radius 3 is 2.71 bits per heavy atom. The molecule has 1 aliphatic heterocycles. The average Bonchev–Trinajstić information content (AvgIpc) is 3.10. The average molecular weight is 406 g/mol. The van der Waals surface area contributed by atoms with Crippen LogP contribution in [0.4, 0.5) is 18.9 Å². The molecule has 9 heteroatoms. The van der Waals surface area contributed by atoms with Gasteiger partial charge in [0.05, 0.1) is 16.1 Å². The van der Waals surface area contributed by atoms with Crippen molar-refractivity contribution in [3.05, 3.63) is 58.5 Å². The van der Waals surface area contributed by atoms with E-state index in [0.717, 1.165) is 37.3 Å². The zero-order valence-electron chi connectivity index (χ0n) is 14.6. The zero-order valence-corrected chi connectivity index (χ0v) is 15.4. The van der Waals surface area contributed by atoms with Crippen LogP contribution in [0.2, 0.25) is 5.02 Å². The molecule has 1 aromatic carbocycles. The molecule has 1 fully saturated rings. The number of pyridine rings is 1. The first kappa shape index (κ1) is 18.6. The number of fused-ring (bicyclic) bond motifs is 1. The van der Waals surface area contributed by atoms with Crippen LogP contribution in [0.1, 0.15) is 35.7 Å². The molecule has 0 radical (unpaired) electrons. The number of alkyl halides is 3. The Morgan fingerprint density at radius 1 is 1.18 bits per heavy atom. The minimum atomic E-state index is -4.42. The summed E-state index contributed by atoms with van der Waals surface area (Å²) in [5.41, 5.74) is 0.940. The van der Waals surface area contributed by atoms with Crippen molar-refractivity contribution >= 4 is 22.9 Å². The highest BCUT2D eigenvalue weighted by Crippen LogP contribution is 2.33. The normalized spacial score (nSPS) is 17.7. The van der Waals surface area contributed by atoms with E-state index in [9.17, 15) is 13.2 Å². The summed E-state index contributed by atoms with van der Waals surface area (Å²) in [5.74, 6) is 0.451. The Bertz CT molecular complexity index is 1070. The first-order chi connectivity index (χ1) is 13.4. The van der Waals surface area contributed by atoms with E-state index in [-0.39, 0.29) is 5.92 Å². The second kappa shape index (κ2) is 6.99. The summed E-state index contributed by atoms with van der Waals surface area (Å²) in [6.45, 7) is 1.38. The Hall–Kier alpha value is -2.79. The van der Waals surface area contributed by atoms with E-state index in [0.29, 0.717) is 28.6 Å². The molecule has 5 nitrogen and oxygen atoms in total. The number of benzene rings is 1. The number of aromatic nitrogens is 3. The smallest absolute Gasteiger partial charge is 0.371 e. The summed E-state index contributed by atoms with van der Waals surface area (Å²) in [6.07, 6.45) is -1.70. The highest BCUT2D eigenvalue weighted by molar-refractivity contribution is 6.32. The highest BCUT2D eigenvalue weighted by Gasteiger charge is 2.32. The van der Waals surface area contributed by atoms with E-state index in [1.54, 1.807) is 12.1 Å². The molecular weight excluding hydrogens is 391 g/mol. The quantitative estimate of drug-likeness (QED) is 0.622. The summed E-state index contributed by atoms with van der Waals surface area (Å²) in [7, 11) is 0. The lowest BCUT2D eigenvalue weighted by Gasteiger charge is -2.33. The van der Waals surface area contributed by atoms with Gasteiger partial charge in [0.25, 0.3) is 0 Å². The Morgan fingerprint density at radius 2 is 2.00 bits per heavy atom. The molecule has 0 bridgehead atoms. The summed E-state index contributed by atoms with van der Waals surface area (Å²) in [6, 6.07) is 9.62. The van der Waals surface area contributed by atoms with Gasteiger partial charge in [0.1, 0.15) is 11.9 Å². The van der Waals surface area contributed by atoms with Crippen LogP contribution in [0.15, 0.2) is 36.5 Å². The van der Waals surface area contributed by atoms with Crippen LogP contribution in [0.3, 0.4) is 0 Å². The molecule has 0 aliphatic carbocycles. The van der Waals surface area contributed by atoms with Gasteiger partial charge in [-0.1, -0.05) is 11.6 Å². The summed E-state index contributed by atoms with van der Waals surface area (Å²) in [5, 5.41) is 17.6. The van der Waals surface area contributed by atoms with Crippen LogP contribution < -0.4 is 4.90 Å². The van der Waals surface area contributed by atoms with Gasteiger partial charge in [-0.2, -0.15) is 18.4 Å². The van der Waals surface area contributed by atoms with Crippen molar-refractivity contribution in [2.24, 2.45) is 0 Å². The van der Waals surface area contributed by atoms with Crippen LogP contribution in [0.5, 0.6) is 0 Å². The molecule has 0 amide bonds. The lowest BCUT2D eigenvalue weighted by molar-refractivity contribution is -0.137. The third kappa shape index (κ3) is 3.38. The molecule has 2 aromatic heterocycles. The number of rotatable bonds is 2. The maximum Gasteiger partial charge on any atom is 0.417 e. The molecule has 0 N–H and O–H groups in total. The molecule has 1 saturated heterocycles. The van der Waals surface area contributed by atoms with Gasteiger partial charge < -0.3 is 4.90 Å². The number of anilines is 1. The SMILES string of the molecule is N#Cc1ccc(N2CCCC(c3nnc4ccc(C(F)(F)F)cn34)C2)cc1Cl. The molecule has 1 aliphatic rings. The van der Waals surface area contributed by atoms with Crippen molar-refractivity contribution < 1.29 is 13.2 Å². The lowest BCUT2D eigenvalue weighted by Crippen LogP contribution is -2.35. The van der Waals surface area contributed by atoms with Crippen LogP contribution in [0.25, 0.3) is 5.65 Å². The fourth-order valence-electron chi connectivity index (χ4n) is 3.57. The van der Waals surface area contributed by atoms with Crippen molar-refractivity contribution in [3.63, 3.8) is 0 Å². The van der Waals surface area contributed by atoms with Gasteiger partial charge in [-0.15, -0.1) is 10.2 Å². The molecule has 3 aromatic rings. The van der Waals surface area contributed by atoms with Gasteiger partial charge in [0.15, 0.2) is 5.65 Å². The van der Waals surface area contributed by atoms with Crippen molar-refractivity contribution in [3.8, 4) is 6.07 Å². The fraction of sp³-hybridized carbons (Fsp3) is 0.316. The molecule has 3 heterocycles. The standard InChI is InChI=1S/C19H15ClF3N5/c20-16-8-15(5-3-12(16)9-24)27-7-1-2-13(10-27)18-26-25-17-6-4-14(11-28(17)18)19(21,22)23/h3-6,8,11,13H,1-2,7,10H2. The van der Waals surface area contributed by atoms with Crippen molar-refractivity contribution in [2.45, 2.75) is 24.9 Å². The summed E-state index contributed by atoms with van der Waals surface area (Å²) in [4.78, 5) is 2.11. The van der Waals surface area contributed by atoms with Gasteiger partial charge in [-0.25, -0.2) is 0 Å². The van der Waals surface area contributed by atoms with Crippen molar-refractivity contribution in [2.75, 3.05) is 18.0 Å². The molecule has 1 atom stereocenters. The fourth-order valence-corrected chi connectivity index (χ4v) is 3.79. The first-order valence-corrected chi connectivity index (χ1v) is 9.11. The van der Waals surface area contributed by atoms with Crippen molar-refractivity contribution in [1.29, 1.82) is 5.26 Å². The number of hydrogen-bond donors (Lipinski definition) is 0. The van der Waals surface area contributed by atoms with Gasteiger partial charge in [-0.05, 0) is 43.2 Å². The Kier molecular flexibility index (Phi) is 4.63. The third-order valence-electron chi connectivity index (χ3n) is 4.98. The molecule has 28 heavy (non-hydrogen) atoms. The maximum absolute atomic E-state index is 13.1. The van der Waals surface area contributed by atoms with E-state index in [1.165, 1.54) is 10.5 Å². The second-order valence-corrected chi connectivity index (χ2v) is 7.17. The zero-order chi connectivity index (χ0) is 19.9. The van der Waals surface area contributed by atoms with E-state index < -0.39 is 11.7 Å². The topological polar surface area (TPSA) is 57.2 Å². The molecule has 0 spiro atoms. The lowest BCUT2D eigenvalue weighted by atomic mass is 9.96. The van der Waals surface area contributed by atoms with E-state index in [4.69, 9.17) is 16.9 Å². The minimum Gasteiger partial charge on any atom is -0.371 e. The van der Waals surface area contributed by atoms with E-state index in [2.05, 4.69) is 15.1 Å². The minimum absolute atomic E-state index is 0.0679. The van der Waals surface area contributed by atoms with Gasteiger partial charge >= 0.3 is 6.18 Å². The Labute approximate surface area is 164 Å². The summed E-state index contributed by atoms with van der Waals surface area (Å²) < 4.78 is 40.7. The van der Waals surface area contributed by atoms with Gasteiger partial charge in [0, 0.05) is 30.9 Å². The predicted molar refractivity (Wildman–Crippen MR) is 98.3 cm³/mol. The van der Waals surface area contributed by atoms with Crippen LogP contribution in [-0.4, -0.2) is 27.7 Å². The number of hydrogen-bond acceptors (Lipinski definition) is 4. The van der Waals surface area contributed by atoms with Gasteiger partial charge in [0.2, 0.25) is 0 Å². The number of nitrogens with zero attached hydrogens (tertiary/aromatic N) is 5. The van der Waals surface area contributed by atoms with E-state index >= 15 is 0 Å². The highest BCUT2D eigenvalue weighted by atomic mass is 35.5. The molecule has 4 rings (SSSR count). The predicted octanol–water partition coefficient (Wildman–Crippen LogP) is 4.66. The summed E-state index contributed by atoms with van der Waals surface area (Å²) >= 11 is 6.14. The van der Waals surface area contributed by atoms with Gasteiger partial charge in [-0.3, -0.25) is 4.40 Å². The molecule has 1 unspecified atom stereocenters. The number of nitriles is 1. The maximum atomic E-state index is 13.1. The number of halogens is 4. The molecular formula is C19H15ClF3N5. The number of piperidine rings is 1. The second-order valence-electron chi connectivity index (χ2n) is 6.76. The molecule has 0 saturated carbocycles.